The Morgan fingerprint density at radius 3 is 2.15 bits per heavy atom. The molecule has 2 aliphatic carbocycles. The Bertz CT molecular complexity index is 1030. The summed E-state index contributed by atoms with van der Waals surface area (Å²) < 4.78 is 11.5. The standard InChI is InChI=1S/C30H49ClN6O4/c1-29(2,3)40-27(38)36(17-10-18-37(23-11-8-7-9-12-23)28(39)41-30(4,5)6)20-21-13-15-22(16-14-21)33-26-34-24(31)19-25(32)35-26/h19,21,23H,7-18,20H2,1-6H3,(H2,32,34,35). The van der Waals surface area contributed by atoms with Crippen molar-refractivity contribution < 1.29 is 19.1 Å². The van der Waals surface area contributed by atoms with E-state index in [0.29, 0.717) is 37.8 Å². The molecule has 1 aromatic heterocycles. The first-order valence-corrected chi connectivity index (χ1v) is 15.4. The molecule has 0 bridgehead atoms. The van der Waals surface area contributed by atoms with E-state index in [1.165, 1.54) is 12.5 Å². The number of aliphatic imine (C=N–C) groups is 1. The van der Waals surface area contributed by atoms with E-state index in [-0.39, 0.29) is 29.3 Å². The van der Waals surface area contributed by atoms with Crippen molar-refractivity contribution in [2.24, 2.45) is 10.9 Å². The lowest BCUT2D eigenvalue weighted by molar-refractivity contribution is 0.00930. The fourth-order valence-electron chi connectivity index (χ4n) is 5.38. The first-order chi connectivity index (χ1) is 19.2. The maximum absolute atomic E-state index is 13.2. The van der Waals surface area contributed by atoms with Crippen molar-refractivity contribution in [2.75, 3.05) is 25.4 Å². The summed E-state index contributed by atoms with van der Waals surface area (Å²) in [6.45, 7) is 13.0. The van der Waals surface area contributed by atoms with Gasteiger partial charge in [0, 0.05) is 37.5 Å². The lowest BCUT2D eigenvalue weighted by Crippen LogP contribution is -2.46. The summed E-state index contributed by atoms with van der Waals surface area (Å²) in [5.74, 6) is 0.887. The van der Waals surface area contributed by atoms with E-state index in [1.807, 2.05) is 51.3 Å². The van der Waals surface area contributed by atoms with Crippen molar-refractivity contribution in [3.05, 3.63) is 11.2 Å². The second kappa shape index (κ2) is 14.5. The molecule has 11 heteroatoms. The maximum Gasteiger partial charge on any atom is 0.410 e. The molecule has 2 aliphatic rings. The van der Waals surface area contributed by atoms with Crippen LogP contribution in [0.2, 0.25) is 5.15 Å². The van der Waals surface area contributed by atoms with Crippen LogP contribution in [0.25, 0.3) is 0 Å². The van der Waals surface area contributed by atoms with E-state index in [9.17, 15) is 9.59 Å². The Kier molecular flexibility index (Phi) is 11.6. The van der Waals surface area contributed by atoms with Crippen LogP contribution in [0.15, 0.2) is 11.1 Å². The van der Waals surface area contributed by atoms with Crippen LogP contribution in [0.5, 0.6) is 0 Å². The Morgan fingerprint density at radius 2 is 1.56 bits per heavy atom. The number of carbonyl (C=O) groups excluding carboxylic acids is 2. The molecular formula is C30H49ClN6O4. The number of ether oxygens (including phenoxy) is 2. The van der Waals surface area contributed by atoms with Crippen LogP contribution in [-0.2, 0) is 9.47 Å². The Hall–Kier alpha value is -2.62. The molecule has 0 atom stereocenters. The molecule has 0 saturated heterocycles. The molecule has 0 aliphatic heterocycles. The number of carbonyl (C=O) groups is 2. The van der Waals surface area contributed by atoms with Crippen molar-refractivity contribution in [2.45, 2.75) is 123 Å². The number of nitrogens with zero attached hydrogens (tertiary/aromatic N) is 5. The van der Waals surface area contributed by atoms with Crippen LogP contribution >= 0.6 is 11.6 Å². The van der Waals surface area contributed by atoms with Crippen LogP contribution in [0.3, 0.4) is 0 Å². The quantitative estimate of drug-likeness (QED) is 0.317. The summed E-state index contributed by atoms with van der Waals surface area (Å²) in [6, 6.07) is 1.68. The van der Waals surface area contributed by atoms with Crippen LogP contribution in [-0.4, -0.2) is 74.5 Å². The number of aromatic nitrogens is 2. The number of hydrogen-bond acceptors (Lipinski definition) is 8. The zero-order chi connectivity index (χ0) is 30.2. The monoisotopic (exact) mass is 592 g/mol. The van der Waals surface area contributed by atoms with Gasteiger partial charge < -0.3 is 25.0 Å². The Balaban J connectivity index is 1.63. The molecular weight excluding hydrogens is 544 g/mol. The minimum atomic E-state index is -0.592. The van der Waals surface area contributed by atoms with E-state index in [1.54, 1.807) is 0 Å². The average molecular weight is 593 g/mol. The molecule has 230 valence electrons. The number of nitrogens with two attached hydrogens (primary N) is 1. The first kappa shape index (κ1) is 32.9. The van der Waals surface area contributed by atoms with Gasteiger partial charge in [0.2, 0.25) is 0 Å². The molecule has 0 aromatic carbocycles. The number of anilines is 1. The largest absolute Gasteiger partial charge is 0.444 e. The molecule has 2 amide bonds. The third-order valence-electron chi connectivity index (χ3n) is 7.24. The summed E-state index contributed by atoms with van der Waals surface area (Å²) in [7, 11) is 0. The van der Waals surface area contributed by atoms with Crippen molar-refractivity contribution in [3.63, 3.8) is 0 Å². The smallest absolute Gasteiger partial charge is 0.410 e. The summed E-state index contributed by atoms with van der Waals surface area (Å²) in [5.41, 5.74) is 5.64. The zero-order valence-electron chi connectivity index (χ0n) is 25.7. The van der Waals surface area contributed by atoms with Gasteiger partial charge in [0.25, 0.3) is 5.95 Å². The predicted octanol–water partition coefficient (Wildman–Crippen LogP) is 7.17. The fourth-order valence-corrected chi connectivity index (χ4v) is 5.57. The SMILES string of the molecule is CC(C)(C)OC(=O)N(CCCN(C(=O)OC(C)(C)C)C1CCCCC1)CC1CCC(=Nc2nc(N)cc(Cl)n2)CC1. The van der Waals surface area contributed by atoms with Gasteiger partial charge in [-0.3, -0.25) is 0 Å². The summed E-state index contributed by atoms with van der Waals surface area (Å²) >= 11 is 6.00. The predicted molar refractivity (Wildman–Crippen MR) is 163 cm³/mol. The first-order valence-electron chi connectivity index (χ1n) is 15.0. The highest BCUT2D eigenvalue weighted by molar-refractivity contribution is 6.29. The van der Waals surface area contributed by atoms with Crippen LogP contribution in [0.4, 0.5) is 21.4 Å². The fraction of sp³-hybridized carbons (Fsp3) is 0.767. The molecule has 0 spiro atoms. The molecule has 1 heterocycles. The van der Waals surface area contributed by atoms with Crippen molar-refractivity contribution in [3.8, 4) is 0 Å². The lowest BCUT2D eigenvalue weighted by atomic mass is 9.87. The maximum atomic E-state index is 13.2. The third-order valence-corrected chi connectivity index (χ3v) is 7.44. The topological polar surface area (TPSA) is 123 Å². The molecule has 2 N–H and O–H groups in total. The number of nitrogen functional groups attached to an aromatic ring is 1. The molecule has 2 fully saturated rings. The van der Waals surface area contributed by atoms with Gasteiger partial charge in [-0.1, -0.05) is 30.9 Å². The Morgan fingerprint density at radius 1 is 0.951 bits per heavy atom. The van der Waals surface area contributed by atoms with E-state index in [4.69, 9.17) is 26.8 Å². The van der Waals surface area contributed by atoms with E-state index in [0.717, 1.165) is 57.1 Å². The van der Waals surface area contributed by atoms with E-state index < -0.39 is 11.2 Å². The van der Waals surface area contributed by atoms with E-state index >= 15 is 0 Å². The summed E-state index contributed by atoms with van der Waals surface area (Å²) in [4.78, 5) is 42.9. The van der Waals surface area contributed by atoms with Gasteiger partial charge in [0.05, 0.1) is 0 Å². The highest BCUT2D eigenvalue weighted by atomic mass is 35.5. The molecule has 1 aromatic rings. The number of amides is 2. The van der Waals surface area contributed by atoms with Gasteiger partial charge in [-0.05, 0) is 92.4 Å². The highest BCUT2D eigenvalue weighted by Crippen LogP contribution is 2.27. The lowest BCUT2D eigenvalue weighted by Gasteiger charge is -2.36. The minimum absolute atomic E-state index is 0.184. The van der Waals surface area contributed by atoms with Crippen LogP contribution in [0, 0.1) is 5.92 Å². The third kappa shape index (κ3) is 11.6. The molecule has 0 radical (unpaired) electrons. The van der Waals surface area contributed by atoms with Gasteiger partial charge in [-0.2, -0.15) is 9.97 Å². The normalized spacial score (nSPS) is 18.5. The van der Waals surface area contributed by atoms with E-state index in [2.05, 4.69) is 15.0 Å². The second-order valence-corrected chi connectivity index (χ2v) is 13.7. The van der Waals surface area contributed by atoms with Crippen molar-refractivity contribution >= 4 is 41.3 Å². The molecule has 3 rings (SSSR count). The van der Waals surface area contributed by atoms with Gasteiger partial charge in [0.15, 0.2) is 0 Å². The highest BCUT2D eigenvalue weighted by Gasteiger charge is 2.31. The average Bonchev–Trinajstić information content (AvgIpc) is 2.84. The molecule has 10 nitrogen and oxygen atoms in total. The minimum Gasteiger partial charge on any atom is -0.444 e. The van der Waals surface area contributed by atoms with Gasteiger partial charge in [0.1, 0.15) is 22.2 Å². The van der Waals surface area contributed by atoms with Crippen LogP contribution < -0.4 is 5.73 Å². The van der Waals surface area contributed by atoms with Gasteiger partial charge in [-0.25, -0.2) is 14.6 Å². The van der Waals surface area contributed by atoms with Crippen molar-refractivity contribution in [1.29, 1.82) is 0 Å². The second-order valence-electron chi connectivity index (χ2n) is 13.3. The molecule has 2 saturated carbocycles. The number of halogens is 1. The number of rotatable bonds is 8. The molecule has 0 unspecified atom stereocenters. The number of hydrogen-bond donors (Lipinski definition) is 1. The zero-order valence-corrected chi connectivity index (χ0v) is 26.5. The van der Waals surface area contributed by atoms with Crippen LogP contribution in [0.1, 0.15) is 106 Å². The Labute approximate surface area is 250 Å². The van der Waals surface area contributed by atoms with Gasteiger partial charge >= 0.3 is 12.2 Å². The summed E-state index contributed by atoms with van der Waals surface area (Å²) in [5, 5.41) is 0.271. The molecule has 41 heavy (non-hydrogen) atoms. The van der Waals surface area contributed by atoms with Gasteiger partial charge in [-0.15, -0.1) is 0 Å². The summed E-state index contributed by atoms with van der Waals surface area (Å²) in [6.07, 6.45) is 8.87. The van der Waals surface area contributed by atoms with Crippen molar-refractivity contribution in [1.82, 2.24) is 19.8 Å².